The van der Waals surface area contributed by atoms with E-state index < -0.39 is 17.0 Å². The lowest BCUT2D eigenvalue weighted by Gasteiger charge is -2.39. The van der Waals surface area contributed by atoms with E-state index in [1.54, 1.807) is 32.0 Å². The summed E-state index contributed by atoms with van der Waals surface area (Å²) in [7, 11) is 0. The summed E-state index contributed by atoms with van der Waals surface area (Å²) in [5.74, 6) is -0.515. The third kappa shape index (κ3) is 2.92. The highest BCUT2D eigenvalue weighted by Crippen LogP contribution is 2.29. The van der Waals surface area contributed by atoms with Gasteiger partial charge in [0.05, 0.1) is 22.5 Å². The zero-order valence-electron chi connectivity index (χ0n) is 11.2. The molecule has 5 heteroatoms. The molecule has 0 atom stereocenters. The van der Waals surface area contributed by atoms with Gasteiger partial charge in [0, 0.05) is 5.56 Å². The van der Waals surface area contributed by atoms with Crippen LogP contribution < -0.4 is 16.8 Å². The lowest BCUT2D eigenvalue weighted by molar-refractivity contribution is 0.0241. The first kappa shape index (κ1) is 14.3. The fourth-order valence-corrected chi connectivity index (χ4v) is 1.31. The Bertz CT molecular complexity index is 462. The van der Waals surface area contributed by atoms with E-state index in [2.05, 4.69) is 5.32 Å². The first-order valence-corrected chi connectivity index (χ1v) is 5.74. The Morgan fingerprint density at radius 2 is 1.83 bits per heavy atom. The summed E-state index contributed by atoms with van der Waals surface area (Å²) in [4.78, 5) is 11.1. The van der Waals surface area contributed by atoms with E-state index in [1.165, 1.54) is 0 Å². The molecule has 1 rings (SSSR count). The van der Waals surface area contributed by atoms with Gasteiger partial charge in [0.25, 0.3) is 0 Å². The van der Waals surface area contributed by atoms with Crippen molar-refractivity contribution in [2.24, 2.45) is 5.73 Å². The summed E-state index contributed by atoms with van der Waals surface area (Å²) in [5, 5.41) is 13.2. The Morgan fingerprint density at radius 3 is 2.28 bits per heavy atom. The van der Waals surface area contributed by atoms with Crippen LogP contribution in [0.2, 0.25) is 0 Å². The van der Waals surface area contributed by atoms with Gasteiger partial charge >= 0.3 is 0 Å². The smallest absolute Gasteiger partial charge is 0.248 e. The summed E-state index contributed by atoms with van der Waals surface area (Å²) in [6.07, 6.45) is 0. The van der Waals surface area contributed by atoms with Crippen LogP contribution in [0.4, 0.5) is 11.4 Å². The SMILES string of the molecule is CC(C)(O)C(C)(C)Nc1cc(C(N)=O)ccc1N. The fourth-order valence-electron chi connectivity index (χ4n) is 1.31. The number of carbonyl (C=O) groups is 1. The molecular weight excluding hydrogens is 230 g/mol. The van der Waals surface area contributed by atoms with Crippen LogP contribution in [0.3, 0.4) is 0 Å². The Balaban J connectivity index is 3.11. The maximum atomic E-state index is 11.1. The van der Waals surface area contributed by atoms with Gasteiger partial charge in [0.15, 0.2) is 0 Å². The summed E-state index contributed by atoms with van der Waals surface area (Å²) in [5.41, 5.74) is 11.0. The second kappa shape index (κ2) is 4.49. The van der Waals surface area contributed by atoms with Crippen molar-refractivity contribution >= 4 is 17.3 Å². The molecule has 1 amide bonds. The van der Waals surface area contributed by atoms with Crippen LogP contribution in [0.1, 0.15) is 38.1 Å². The fraction of sp³-hybridized carbons (Fsp3) is 0.462. The number of nitrogens with two attached hydrogens (primary N) is 2. The van der Waals surface area contributed by atoms with Gasteiger partial charge in [-0.1, -0.05) is 0 Å². The highest BCUT2D eigenvalue weighted by molar-refractivity contribution is 5.95. The molecule has 0 fully saturated rings. The van der Waals surface area contributed by atoms with Gasteiger partial charge in [0.1, 0.15) is 0 Å². The lowest BCUT2D eigenvalue weighted by Crippen LogP contribution is -2.51. The predicted molar refractivity (Wildman–Crippen MR) is 73.4 cm³/mol. The van der Waals surface area contributed by atoms with Crippen LogP contribution in [0.25, 0.3) is 0 Å². The van der Waals surface area contributed by atoms with E-state index in [0.29, 0.717) is 16.9 Å². The number of amides is 1. The van der Waals surface area contributed by atoms with Crippen LogP contribution in [-0.4, -0.2) is 22.2 Å². The first-order chi connectivity index (χ1) is 8.04. The first-order valence-electron chi connectivity index (χ1n) is 5.74. The van der Waals surface area contributed by atoms with Gasteiger partial charge < -0.3 is 21.9 Å². The monoisotopic (exact) mass is 251 g/mol. The molecule has 0 saturated heterocycles. The molecule has 0 radical (unpaired) electrons. The number of hydrogen-bond donors (Lipinski definition) is 4. The van der Waals surface area contributed by atoms with Crippen molar-refractivity contribution in [2.45, 2.75) is 38.8 Å². The van der Waals surface area contributed by atoms with Crippen molar-refractivity contribution in [2.75, 3.05) is 11.1 Å². The van der Waals surface area contributed by atoms with E-state index in [4.69, 9.17) is 11.5 Å². The summed E-state index contributed by atoms with van der Waals surface area (Å²) < 4.78 is 0. The largest absolute Gasteiger partial charge is 0.397 e. The molecule has 1 aromatic rings. The number of anilines is 2. The van der Waals surface area contributed by atoms with E-state index in [1.807, 2.05) is 13.8 Å². The van der Waals surface area contributed by atoms with Crippen molar-refractivity contribution in [3.8, 4) is 0 Å². The third-order valence-electron chi connectivity index (χ3n) is 3.31. The average molecular weight is 251 g/mol. The maximum Gasteiger partial charge on any atom is 0.248 e. The standard InChI is InChI=1S/C13H21N3O2/c1-12(2,13(3,4)18)16-10-7-8(11(15)17)5-6-9(10)14/h5-7,16,18H,14H2,1-4H3,(H2,15,17). The highest BCUT2D eigenvalue weighted by Gasteiger charge is 2.35. The molecule has 1 aromatic carbocycles. The van der Waals surface area contributed by atoms with E-state index >= 15 is 0 Å². The van der Waals surface area contributed by atoms with Gasteiger partial charge in [-0.15, -0.1) is 0 Å². The second-order valence-corrected chi connectivity index (χ2v) is 5.48. The van der Waals surface area contributed by atoms with Crippen LogP contribution in [0.5, 0.6) is 0 Å². The quantitative estimate of drug-likeness (QED) is 0.606. The molecule has 0 spiro atoms. The number of carbonyl (C=O) groups excluding carboxylic acids is 1. The number of nitrogens with one attached hydrogen (secondary N) is 1. The number of hydrogen-bond acceptors (Lipinski definition) is 4. The third-order valence-corrected chi connectivity index (χ3v) is 3.31. The summed E-state index contributed by atoms with van der Waals surface area (Å²) in [6.45, 7) is 7.11. The number of benzene rings is 1. The minimum absolute atomic E-state index is 0.373. The Morgan fingerprint density at radius 1 is 1.28 bits per heavy atom. The van der Waals surface area contributed by atoms with Crippen LogP contribution in [0, 0.1) is 0 Å². The Kier molecular flexibility index (Phi) is 3.57. The summed E-state index contributed by atoms with van der Waals surface area (Å²) >= 11 is 0. The number of nitrogen functional groups attached to an aromatic ring is 1. The average Bonchev–Trinajstić information content (AvgIpc) is 2.18. The molecule has 0 aliphatic carbocycles. The number of rotatable bonds is 4. The minimum Gasteiger partial charge on any atom is -0.397 e. The van der Waals surface area contributed by atoms with E-state index in [0.717, 1.165) is 0 Å². The molecule has 0 heterocycles. The number of primary amides is 1. The lowest BCUT2D eigenvalue weighted by atomic mass is 9.85. The van der Waals surface area contributed by atoms with Crippen molar-refractivity contribution in [1.29, 1.82) is 0 Å². The summed E-state index contributed by atoms with van der Waals surface area (Å²) in [6, 6.07) is 4.77. The molecule has 0 aromatic heterocycles. The zero-order valence-corrected chi connectivity index (χ0v) is 11.2. The Hall–Kier alpha value is -1.75. The molecule has 0 saturated carbocycles. The van der Waals surface area contributed by atoms with Crippen molar-refractivity contribution < 1.29 is 9.90 Å². The molecule has 0 aliphatic rings. The normalized spacial score (nSPS) is 12.3. The topological polar surface area (TPSA) is 101 Å². The van der Waals surface area contributed by atoms with Crippen molar-refractivity contribution in [3.63, 3.8) is 0 Å². The van der Waals surface area contributed by atoms with Gasteiger partial charge in [-0.05, 0) is 45.9 Å². The molecule has 6 N–H and O–H groups in total. The highest BCUT2D eigenvalue weighted by atomic mass is 16.3. The van der Waals surface area contributed by atoms with Crippen LogP contribution in [0.15, 0.2) is 18.2 Å². The van der Waals surface area contributed by atoms with Crippen LogP contribution in [-0.2, 0) is 0 Å². The molecule has 0 unspecified atom stereocenters. The Labute approximate surface area is 107 Å². The van der Waals surface area contributed by atoms with Gasteiger partial charge in [0.2, 0.25) is 5.91 Å². The molecular formula is C13H21N3O2. The van der Waals surface area contributed by atoms with Gasteiger partial charge in [-0.3, -0.25) is 4.79 Å². The zero-order chi connectivity index (χ0) is 14.1. The van der Waals surface area contributed by atoms with Crippen molar-refractivity contribution in [3.05, 3.63) is 23.8 Å². The molecule has 18 heavy (non-hydrogen) atoms. The molecule has 100 valence electrons. The van der Waals surface area contributed by atoms with Gasteiger partial charge in [-0.25, -0.2) is 0 Å². The number of aliphatic hydroxyl groups is 1. The van der Waals surface area contributed by atoms with E-state index in [-0.39, 0.29) is 0 Å². The van der Waals surface area contributed by atoms with E-state index in [9.17, 15) is 9.90 Å². The molecule has 5 nitrogen and oxygen atoms in total. The van der Waals surface area contributed by atoms with Gasteiger partial charge in [-0.2, -0.15) is 0 Å². The minimum atomic E-state index is -0.956. The predicted octanol–water partition coefficient (Wildman–Crippen LogP) is 1.33. The van der Waals surface area contributed by atoms with Crippen molar-refractivity contribution in [1.82, 2.24) is 0 Å². The maximum absolute atomic E-state index is 11.1. The molecule has 0 aliphatic heterocycles. The second-order valence-electron chi connectivity index (χ2n) is 5.48. The molecule has 0 bridgehead atoms. The van der Waals surface area contributed by atoms with Crippen LogP contribution >= 0.6 is 0 Å².